The summed E-state index contributed by atoms with van der Waals surface area (Å²) in [4.78, 5) is 21.0. The minimum Gasteiger partial charge on any atom is -0.377 e. The lowest BCUT2D eigenvalue weighted by molar-refractivity contribution is -0.158. The van der Waals surface area contributed by atoms with E-state index in [4.69, 9.17) is 0 Å². The first-order chi connectivity index (χ1) is 11.0. The molecule has 7 heteroatoms. The molecule has 2 aliphatic heterocycles. The average Bonchev–Trinajstić information content (AvgIpc) is 2.97. The van der Waals surface area contributed by atoms with Gasteiger partial charge in [-0.25, -0.2) is 4.98 Å². The Morgan fingerprint density at radius 3 is 2.83 bits per heavy atom. The topological polar surface area (TPSA) is 68.7 Å². The molecule has 0 aromatic carbocycles. The second-order valence-corrected chi connectivity index (χ2v) is 8.33. The molecule has 0 radical (unpaired) electrons. The average molecular weight is 336 g/mol. The van der Waals surface area contributed by atoms with Crippen molar-refractivity contribution < 1.29 is 9.90 Å². The maximum absolute atomic E-state index is 12.4. The zero-order chi connectivity index (χ0) is 16.1. The number of aromatic nitrogens is 1. The van der Waals surface area contributed by atoms with Crippen molar-refractivity contribution >= 4 is 17.2 Å². The molecule has 1 aliphatic carbocycles. The predicted octanol–water partition coefficient (Wildman–Crippen LogP) is 0.290. The number of likely N-dealkylation sites (tertiary alicyclic amines) is 1. The Hall–Kier alpha value is -1.02. The summed E-state index contributed by atoms with van der Waals surface area (Å²) in [5, 5.41) is 16.4. The Labute approximate surface area is 140 Å². The number of piperidine rings is 1. The van der Waals surface area contributed by atoms with Gasteiger partial charge in [0.1, 0.15) is 5.01 Å². The van der Waals surface area contributed by atoms with E-state index in [1.54, 1.807) is 11.3 Å². The number of carbonyl (C=O) groups excluding carboxylic acids is 1. The van der Waals surface area contributed by atoms with Crippen LogP contribution in [0.5, 0.6) is 0 Å². The monoisotopic (exact) mass is 336 g/mol. The summed E-state index contributed by atoms with van der Waals surface area (Å²) in [6.07, 6.45) is 5.19. The Balaban J connectivity index is 1.31. The van der Waals surface area contributed by atoms with Crippen LogP contribution in [-0.2, 0) is 11.3 Å². The van der Waals surface area contributed by atoms with Gasteiger partial charge in [0, 0.05) is 43.8 Å². The van der Waals surface area contributed by atoms with Crippen LogP contribution in [0.1, 0.15) is 24.3 Å². The van der Waals surface area contributed by atoms with Crippen molar-refractivity contribution in [3.63, 3.8) is 0 Å². The summed E-state index contributed by atoms with van der Waals surface area (Å²) in [5.74, 6) is -0.0839. The lowest BCUT2D eigenvalue weighted by Crippen LogP contribution is -2.68. The van der Waals surface area contributed by atoms with Gasteiger partial charge in [0.2, 0.25) is 0 Å². The van der Waals surface area contributed by atoms with Gasteiger partial charge in [-0.1, -0.05) is 0 Å². The van der Waals surface area contributed by atoms with E-state index in [-0.39, 0.29) is 5.91 Å². The highest BCUT2D eigenvalue weighted by molar-refractivity contribution is 7.09. The van der Waals surface area contributed by atoms with Crippen LogP contribution in [0.4, 0.5) is 0 Å². The first-order valence-corrected chi connectivity index (χ1v) is 9.22. The molecule has 2 N–H and O–H groups in total. The Morgan fingerprint density at radius 2 is 2.26 bits per heavy atom. The Kier molecular flexibility index (Phi) is 3.72. The quantitative estimate of drug-likeness (QED) is 0.827. The van der Waals surface area contributed by atoms with Gasteiger partial charge in [0.15, 0.2) is 5.60 Å². The summed E-state index contributed by atoms with van der Waals surface area (Å²) in [6.45, 7) is 3.27. The molecule has 1 aromatic rings. The zero-order valence-corrected chi connectivity index (χ0v) is 14.3. The van der Waals surface area contributed by atoms with Gasteiger partial charge >= 0.3 is 0 Å². The number of hydrogen-bond donors (Lipinski definition) is 2. The third-order valence-electron chi connectivity index (χ3n) is 5.83. The number of carbonyl (C=O) groups is 1. The van der Waals surface area contributed by atoms with E-state index in [0.29, 0.717) is 24.5 Å². The fraction of sp³-hybridized carbons (Fsp3) is 0.750. The predicted molar refractivity (Wildman–Crippen MR) is 88.1 cm³/mol. The molecule has 1 spiro atoms. The van der Waals surface area contributed by atoms with Gasteiger partial charge in [-0.2, -0.15) is 0 Å². The van der Waals surface area contributed by atoms with Crippen LogP contribution in [-0.4, -0.2) is 70.7 Å². The number of aliphatic hydroxyl groups is 1. The smallest absolute Gasteiger partial charge is 0.257 e. The van der Waals surface area contributed by atoms with Crippen molar-refractivity contribution in [1.82, 2.24) is 20.1 Å². The molecular formula is C16H24N4O2S. The van der Waals surface area contributed by atoms with E-state index in [0.717, 1.165) is 32.5 Å². The standard InChI is InChI=1S/C16H24N4O2S/c1-19(9-13-18-4-7-23-13)12-8-15(12)2-5-20(6-3-15)14(21)16(22)10-17-11-16/h4,7,12,17,22H,2-3,5-6,8-11H2,1H3. The highest BCUT2D eigenvalue weighted by Crippen LogP contribution is 2.56. The molecule has 1 atom stereocenters. The molecule has 1 amide bonds. The molecule has 1 saturated carbocycles. The number of rotatable bonds is 4. The van der Waals surface area contributed by atoms with Crippen LogP contribution in [0.25, 0.3) is 0 Å². The van der Waals surface area contributed by atoms with Crippen LogP contribution in [0.3, 0.4) is 0 Å². The zero-order valence-electron chi connectivity index (χ0n) is 13.5. The first kappa shape index (κ1) is 15.5. The van der Waals surface area contributed by atoms with Crippen LogP contribution >= 0.6 is 11.3 Å². The molecule has 23 heavy (non-hydrogen) atoms. The Morgan fingerprint density at radius 1 is 1.52 bits per heavy atom. The summed E-state index contributed by atoms with van der Waals surface area (Å²) in [7, 11) is 2.18. The molecule has 3 aliphatic rings. The van der Waals surface area contributed by atoms with Gasteiger partial charge in [-0.05, 0) is 31.7 Å². The van der Waals surface area contributed by atoms with Crippen molar-refractivity contribution in [3.8, 4) is 0 Å². The van der Waals surface area contributed by atoms with Gasteiger partial charge in [-0.15, -0.1) is 11.3 Å². The summed E-state index contributed by atoms with van der Waals surface area (Å²) >= 11 is 1.71. The maximum atomic E-state index is 12.4. The molecule has 126 valence electrons. The minimum atomic E-state index is -1.14. The number of amides is 1. The van der Waals surface area contributed by atoms with Gasteiger partial charge in [0.05, 0.1) is 6.54 Å². The fourth-order valence-corrected chi connectivity index (χ4v) is 4.78. The molecule has 3 heterocycles. The number of hydrogen-bond acceptors (Lipinski definition) is 6. The van der Waals surface area contributed by atoms with Gasteiger partial charge < -0.3 is 15.3 Å². The van der Waals surface area contributed by atoms with Crippen molar-refractivity contribution in [2.24, 2.45) is 5.41 Å². The van der Waals surface area contributed by atoms with E-state index in [9.17, 15) is 9.90 Å². The van der Waals surface area contributed by atoms with Crippen LogP contribution in [0.15, 0.2) is 11.6 Å². The van der Waals surface area contributed by atoms with Gasteiger partial charge in [-0.3, -0.25) is 9.69 Å². The molecule has 2 saturated heterocycles. The number of nitrogens with zero attached hydrogens (tertiary/aromatic N) is 3. The molecule has 1 unspecified atom stereocenters. The molecule has 3 fully saturated rings. The third-order valence-corrected chi connectivity index (χ3v) is 6.59. The largest absolute Gasteiger partial charge is 0.377 e. The lowest BCUT2D eigenvalue weighted by Gasteiger charge is -2.42. The van der Waals surface area contributed by atoms with E-state index < -0.39 is 5.60 Å². The number of thiazole rings is 1. The number of nitrogens with one attached hydrogen (secondary N) is 1. The SMILES string of the molecule is CN(Cc1nccs1)C1CC12CCN(C(=O)C1(O)CNC1)CC2. The summed E-state index contributed by atoms with van der Waals surface area (Å²) < 4.78 is 0. The van der Waals surface area contributed by atoms with Crippen molar-refractivity contribution in [3.05, 3.63) is 16.6 Å². The highest BCUT2D eigenvalue weighted by atomic mass is 32.1. The van der Waals surface area contributed by atoms with Crippen LogP contribution < -0.4 is 5.32 Å². The van der Waals surface area contributed by atoms with Crippen LogP contribution in [0, 0.1) is 5.41 Å². The normalized spacial score (nSPS) is 28.0. The number of β-amino-alcohol motifs (C(OH)–C–C–N with tert-alkyl or cyclic N) is 1. The van der Waals surface area contributed by atoms with E-state index in [1.807, 2.05) is 16.5 Å². The molecule has 6 nitrogen and oxygen atoms in total. The highest BCUT2D eigenvalue weighted by Gasteiger charge is 2.57. The second kappa shape index (κ2) is 5.51. The van der Waals surface area contributed by atoms with E-state index in [2.05, 4.69) is 22.2 Å². The van der Waals surface area contributed by atoms with E-state index >= 15 is 0 Å². The molecule has 0 bridgehead atoms. The van der Waals surface area contributed by atoms with Crippen molar-refractivity contribution in [1.29, 1.82) is 0 Å². The minimum absolute atomic E-state index is 0.0839. The second-order valence-electron chi connectivity index (χ2n) is 7.35. The Bertz CT molecular complexity index is 579. The third kappa shape index (κ3) is 2.69. The van der Waals surface area contributed by atoms with Crippen molar-refractivity contribution in [2.45, 2.75) is 37.5 Å². The summed E-state index contributed by atoms with van der Waals surface area (Å²) in [6, 6.07) is 0.608. The fourth-order valence-electron chi connectivity index (χ4n) is 4.10. The molecule has 4 rings (SSSR count). The molecule has 1 aromatic heterocycles. The molecular weight excluding hydrogens is 312 g/mol. The maximum Gasteiger partial charge on any atom is 0.257 e. The first-order valence-electron chi connectivity index (χ1n) is 8.34. The van der Waals surface area contributed by atoms with Gasteiger partial charge in [0.25, 0.3) is 5.91 Å². The van der Waals surface area contributed by atoms with E-state index in [1.165, 1.54) is 11.4 Å². The lowest BCUT2D eigenvalue weighted by atomic mass is 9.89. The van der Waals surface area contributed by atoms with Crippen molar-refractivity contribution in [2.75, 3.05) is 33.2 Å². The van der Waals surface area contributed by atoms with Crippen LogP contribution in [0.2, 0.25) is 0 Å². The summed E-state index contributed by atoms with van der Waals surface area (Å²) in [5.41, 5.74) is -0.766.